The average molecular weight is 267 g/mol. The zero-order chi connectivity index (χ0) is 14.1. The normalized spacial score (nSPS) is 9.74. The Morgan fingerprint density at radius 3 is 2.58 bits per heavy atom. The van der Waals surface area contributed by atoms with E-state index >= 15 is 0 Å². The zero-order valence-corrected chi connectivity index (χ0v) is 10.8. The molecule has 0 fully saturated rings. The van der Waals surface area contributed by atoms with Gasteiger partial charge in [-0.3, -0.25) is 4.79 Å². The molecule has 6 heteroatoms. The van der Waals surface area contributed by atoms with Crippen LogP contribution in [0.15, 0.2) is 24.3 Å². The van der Waals surface area contributed by atoms with E-state index < -0.39 is 11.9 Å². The minimum Gasteiger partial charge on any atom is -0.491 e. The number of rotatable bonds is 7. The van der Waals surface area contributed by atoms with Gasteiger partial charge in [0.2, 0.25) is 0 Å². The summed E-state index contributed by atoms with van der Waals surface area (Å²) in [5.74, 6) is -0.577. The Kier molecular flexibility index (Phi) is 6.21. The van der Waals surface area contributed by atoms with Crippen molar-refractivity contribution in [3.8, 4) is 5.75 Å². The minimum absolute atomic E-state index is 0.0355. The Morgan fingerprint density at radius 2 is 1.89 bits per heavy atom. The van der Waals surface area contributed by atoms with Crippen molar-refractivity contribution in [2.75, 3.05) is 25.6 Å². The van der Waals surface area contributed by atoms with Crippen LogP contribution in [0.2, 0.25) is 0 Å². The maximum absolute atomic E-state index is 11.3. The quantitative estimate of drug-likeness (QED) is 0.589. The molecule has 0 aliphatic rings. The Labute approximate surface area is 111 Å². The number of hydrogen-bond donors (Lipinski definition) is 1. The van der Waals surface area contributed by atoms with Gasteiger partial charge in [-0.05, 0) is 19.1 Å². The summed E-state index contributed by atoms with van der Waals surface area (Å²) in [6.07, 6.45) is 0.0355. The molecule has 0 unspecified atom stereocenters. The van der Waals surface area contributed by atoms with Gasteiger partial charge >= 0.3 is 11.9 Å². The summed E-state index contributed by atoms with van der Waals surface area (Å²) in [5, 5.41) is 0. The molecule has 1 aromatic rings. The zero-order valence-electron chi connectivity index (χ0n) is 10.8. The smallest absolute Gasteiger partial charge is 0.344 e. The Balaban J connectivity index is 2.21. The maximum Gasteiger partial charge on any atom is 0.344 e. The first-order valence-electron chi connectivity index (χ1n) is 5.92. The third-order valence-electron chi connectivity index (χ3n) is 2.14. The summed E-state index contributed by atoms with van der Waals surface area (Å²) in [6, 6.07) is 6.98. The SMILES string of the molecule is CCOC(=O)COC(=O)CCOc1ccccc1N. The molecule has 0 saturated heterocycles. The van der Waals surface area contributed by atoms with E-state index in [2.05, 4.69) is 4.74 Å². The first kappa shape index (κ1) is 14.8. The van der Waals surface area contributed by atoms with Crippen LogP contribution in [0.25, 0.3) is 0 Å². The number of anilines is 1. The summed E-state index contributed by atoms with van der Waals surface area (Å²) in [4.78, 5) is 22.2. The van der Waals surface area contributed by atoms with Gasteiger partial charge in [0.15, 0.2) is 6.61 Å². The minimum atomic E-state index is -0.566. The number of nitrogens with two attached hydrogens (primary N) is 1. The van der Waals surface area contributed by atoms with Gasteiger partial charge in [0.05, 0.1) is 25.3 Å². The highest BCUT2D eigenvalue weighted by Crippen LogP contribution is 2.19. The first-order chi connectivity index (χ1) is 9.13. The van der Waals surface area contributed by atoms with Crippen LogP contribution in [-0.2, 0) is 19.1 Å². The van der Waals surface area contributed by atoms with E-state index in [0.29, 0.717) is 11.4 Å². The fourth-order valence-electron chi connectivity index (χ4n) is 1.27. The third kappa shape index (κ3) is 5.76. The van der Waals surface area contributed by atoms with Crippen LogP contribution in [0.1, 0.15) is 13.3 Å². The molecule has 0 amide bonds. The molecule has 104 valence electrons. The van der Waals surface area contributed by atoms with Crippen LogP contribution in [0, 0.1) is 0 Å². The van der Waals surface area contributed by atoms with Gasteiger partial charge in [-0.2, -0.15) is 0 Å². The molecular weight excluding hydrogens is 250 g/mol. The summed E-state index contributed by atoms with van der Waals surface area (Å²) in [6.45, 7) is 1.70. The van der Waals surface area contributed by atoms with Crippen LogP contribution in [-0.4, -0.2) is 31.8 Å². The number of para-hydroxylation sites is 2. The molecule has 0 bridgehead atoms. The van der Waals surface area contributed by atoms with Crippen LogP contribution in [0.4, 0.5) is 5.69 Å². The third-order valence-corrected chi connectivity index (χ3v) is 2.14. The van der Waals surface area contributed by atoms with Crippen LogP contribution >= 0.6 is 0 Å². The number of benzene rings is 1. The van der Waals surface area contributed by atoms with Crippen molar-refractivity contribution in [3.63, 3.8) is 0 Å². The largest absolute Gasteiger partial charge is 0.491 e. The molecule has 2 N–H and O–H groups in total. The van der Waals surface area contributed by atoms with E-state index in [1.165, 1.54) is 0 Å². The van der Waals surface area contributed by atoms with Crippen molar-refractivity contribution in [1.82, 2.24) is 0 Å². The lowest BCUT2D eigenvalue weighted by atomic mass is 10.3. The van der Waals surface area contributed by atoms with Gasteiger partial charge < -0.3 is 19.9 Å². The lowest BCUT2D eigenvalue weighted by molar-refractivity contribution is -0.158. The predicted molar refractivity (Wildman–Crippen MR) is 68.6 cm³/mol. The molecule has 0 saturated carbocycles. The average Bonchev–Trinajstić information content (AvgIpc) is 2.39. The molecule has 0 aliphatic heterocycles. The van der Waals surface area contributed by atoms with Crippen LogP contribution in [0.5, 0.6) is 5.75 Å². The molecule has 0 radical (unpaired) electrons. The first-order valence-corrected chi connectivity index (χ1v) is 5.92. The highest BCUT2D eigenvalue weighted by molar-refractivity contribution is 5.76. The van der Waals surface area contributed by atoms with Gasteiger partial charge in [-0.25, -0.2) is 4.79 Å². The standard InChI is InChI=1S/C13H17NO5/c1-2-17-13(16)9-19-12(15)7-8-18-11-6-4-3-5-10(11)14/h3-6H,2,7-9,14H2,1H3. The Bertz CT molecular complexity index is 433. The second-order valence-corrected chi connectivity index (χ2v) is 3.60. The molecule has 0 aliphatic carbocycles. The molecule has 1 aromatic carbocycles. The van der Waals surface area contributed by atoms with E-state index in [0.717, 1.165) is 0 Å². The summed E-state index contributed by atoms with van der Waals surface area (Å²) < 4.78 is 14.6. The summed E-state index contributed by atoms with van der Waals surface area (Å²) in [5.41, 5.74) is 6.17. The van der Waals surface area contributed by atoms with Gasteiger partial charge in [0, 0.05) is 0 Å². The topological polar surface area (TPSA) is 87.8 Å². The second kappa shape index (κ2) is 7.97. The van der Waals surface area contributed by atoms with Crippen LogP contribution in [0.3, 0.4) is 0 Å². The Hall–Kier alpha value is -2.24. The lowest BCUT2D eigenvalue weighted by Gasteiger charge is -2.08. The van der Waals surface area contributed by atoms with Crippen molar-refractivity contribution < 1.29 is 23.8 Å². The number of carbonyl (C=O) groups is 2. The monoisotopic (exact) mass is 267 g/mol. The van der Waals surface area contributed by atoms with Crippen molar-refractivity contribution in [2.45, 2.75) is 13.3 Å². The molecule has 0 atom stereocenters. The van der Waals surface area contributed by atoms with Gasteiger partial charge in [0.25, 0.3) is 0 Å². The summed E-state index contributed by atoms with van der Waals surface area (Å²) in [7, 11) is 0. The Morgan fingerprint density at radius 1 is 1.16 bits per heavy atom. The molecule has 19 heavy (non-hydrogen) atoms. The van der Waals surface area contributed by atoms with Gasteiger partial charge in [0.1, 0.15) is 5.75 Å². The van der Waals surface area contributed by atoms with Crippen molar-refractivity contribution in [2.24, 2.45) is 0 Å². The predicted octanol–water partition coefficient (Wildman–Crippen LogP) is 1.14. The van der Waals surface area contributed by atoms with Crippen molar-refractivity contribution in [3.05, 3.63) is 24.3 Å². The lowest BCUT2D eigenvalue weighted by Crippen LogP contribution is -2.17. The fourth-order valence-corrected chi connectivity index (χ4v) is 1.27. The van der Waals surface area contributed by atoms with Crippen LogP contribution < -0.4 is 10.5 Å². The van der Waals surface area contributed by atoms with E-state index in [1.54, 1.807) is 31.2 Å². The van der Waals surface area contributed by atoms with Crippen molar-refractivity contribution >= 4 is 17.6 Å². The number of carbonyl (C=O) groups excluding carboxylic acids is 2. The van der Waals surface area contributed by atoms with E-state index in [1.807, 2.05) is 0 Å². The molecule has 0 heterocycles. The molecule has 0 spiro atoms. The fraction of sp³-hybridized carbons (Fsp3) is 0.385. The molecule has 1 rings (SSSR count). The van der Waals surface area contributed by atoms with Crippen molar-refractivity contribution in [1.29, 1.82) is 0 Å². The molecule has 6 nitrogen and oxygen atoms in total. The maximum atomic E-state index is 11.3. The number of hydrogen-bond acceptors (Lipinski definition) is 6. The molecular formula is C13H17NO5. The number of esters is 2. The van der Waals surface area contributed by atoms with Gasteiger partial charge in [-0.1, -0.05) is 12.1 Å². The second-order valence-electron chi connectivity index (χ2n) is 3.60. The van der Waals surface area contributed by atoms with E-state index in [-0.39, 0.29) is 26.2 Å². The van der Waals surface area contributed by atoms with Gasteiger partial charge in [-0.15, -0.1) is 0 Å². The van der Waals surface area contributed by atoms with E-state index in [9.17, 15) is 9.59 Å². The number of nitrogen functional groups attached to an aromatic ring is 1. The number of ether oxygens (including phenoxy) is 3. The van der Waals surface area contributed by atoms with E-state index in [4.69, 9.17) is 15.2 Å². The highest BCUT2D eigenvalue weighted by Gasteiger charge is 2.08. The molecule has 0 aromatic heterocycles. The summed E-state index contributed by atoms with van der Waals surface area (Å²) >= 11 is 0. The highest BCUT2D eigenvalue weighted by atomic mass is 16.6.